The van der Waals surface area contributed by atoms with E-state index in [-0.39, 0.29) is 29.8 Å². The summed E-state index contributed by atoms with van der Waals surface area (Å²) in [6, 6.07) is 6.87. The minimum atomic E-state index is -0.918. The van der Waals surface area contributed by atoms with Crippen LogP contribution in [0.25, 0.3) is 0 Å². The predicted molar refractivity (Wildman–Crippen MR) is 112 cm³/mol. The molecule has 0 saturated carbocycles. The molecule has 0 aliphatic carbocycles. The van der Waals surface area contributed by atoms with E-state index in [0.29, 0.717) is 16.7 Å². The molecule has 1 aromatic carbocycles. The zero-order valence-corrected chi connectivity index (χ0v) is 16.8. The van der Waals surface area contributed by atoms with Crippen molar-refractivity contribution in [3.8, 4) is 0 Å². The SMILES string of the molecule is C[C@H]1CCCCN1c1nc2c(c(=O)[nH]1)[C@H](C(=O)Nc1ccc(Cl)cc1)CC(=O)N2. The monoisotopic (exact) mass is 415 g/mol. The molecule has 0 radical (unpaired) electrons. The first-order valence-electron chi connectivity index (χ1n) is 9.69. The summed E-state index contributed by atoms with van der Waals surface area (Å²) in [6.07, 6.45) is 3.05. The Morgan fingerprint density at radius 2 is 2.00 bits per heavy atom. The Balaban J connectivity index is 1.65. The number of aromatic amines is 1. The van der Waals surface area contributed by atoms with Gasteiger partial charge >= 0.3 is 0 Å². The van der Waals surface area contributed by atoms with Gasteiger partial charge in [0.2, 0.25) is 17.8 Å². The first-order chi connectivity index (χ1) is 13.9. The van der Waals surface area contributed by atoms with Gasteiger partial charge in [-0.25, -0.2) is 0 Å². The number of halogens is 1. The van der Waals surface area contributed by atoms with Gasteiger partial charge in [-0.15, -0.1) is 0 Å². The Hall–Kier alpha value is -2.87. The van der Waals surface area contributed by atoms with Gasteiger partial charge in [-0.05, 0) is 50.5 Å². The lowest BCUT2D eigenvalue weighted by Gasteiger charge is -2.34. The molecular formula is C20H22ClN5O3. The Labute approximate surface area is 172 Å². The van der Waals surface area contributed by atoms with Crippen LogP contribution in [-0.4, -0.2) is 34.4 Å². The number of anilines is 3. The van der Waals surface area contributed by atoms with Gasteiger partial charge < -0.3 is 15.5 Å². The molecule has 2 amide bonds. The first kappa shape index (κ1) is 19.4. The van der Waals surface area contributed by atoms with E-state index in [1.165, 1.54) is 0 Å². The summed E-state index contributed by atoms with van der Waals surface area (Å²) >= 11 is 5.87. The lowest BCUT2D eigenvalue weighted by atomic mass is 9.92. The van der Waals surface area contributed by atoms with Crippen LogP contribution in [0.15, 0.2) is 29.1 Å². The van der Waals surface area contributed by atoms with E-state index in [1.54, 1.807) is 24.3 Å². The molecular weight excluding hydrogens is 394 g/mol. The number of nitrogens with one attached hydrogen (secondary N) is 3. The molecule has 4 rings (SSSR count). The third-order valence-corrected chi connectivity index (χ3v) is 5.69. The second-order valence-electron chi connectivity index (χ2n) is 7.49. The summed E-state index contributed by atoms with van der Waals surface area (Å²) in [5, 5.41) is 5.95. The van der Waals surface area contributed by atoms with Crippen molar-refractivity contribution in [2.45, 2.75) is 44.6 Å². The molecule has 152 valence electrons. The third kappa shape index (κ3) is 3.98. The van der Waals surface area contributed by atoms with Gasteiger partial charge in [-0.3, -0.25) is 19.4 Å². The minimum Gasteiger partial charge on any atom is -0.340 e. The average molecular weight is 416 g/mol. The molecule has 8 nitrogen and oxygen atoms in total. The Morgan fingerprint density at radius 3 is 2.72 bits per heavy atom. The van der Waals surface area contributed by atoms with Crippen molar-refractivity contribution in [2.24, 2.45) is 0 Å². The summed E-state index contributed by atoms with van der Waals surface area (Å²) in [7, 11) is 0. The molecule has 1 saturated heterocycles. The number of fused-ring (bicyclic) bond motifs is 1. The topological polar surface area (TPSA) is 107 Å². The van der Waals surface area contributed by atoms with Gasteiger partial charge in [0.05, 0.1) is 11.5 Å². The number of rotatable bonds is 3. The molecule has 0 spiro atoms. The van der Waals surface area contributed by atoms with Gasteiger partial charge in [0, 0.05) is 29.7 Å². The quantitative estimate of drug-likeness (QED) is 0.714. The highest BCUT2D eigenvalue weighted by Crippen LogP contribution is 2.31. The number of benzene rings is 1. The summed E-state index contributed by atoms with van der Waals surface area (Å²) in [6.45, 7) is 2.87. The average Bonchev–Trinajstić information content (AvgIpc) is 2.69. The van der Waals surface area contributed by atoms with Gasteiger partial charge in [-0.2, -0.15) is 4.98 Å². The molecule has 0 bridgehead atoms. The molecule has 2 aliphatic heterocycles. The fourth-order valence-electron chi connectivity index (χ4n) is 3.89. The van der Waals surface area contributed by atoms with E-state index in [4.69, 9.17) is 11.6 Å². The zero-order chi connectivity index (χ0) is 20.5. The van der Waals surface area contributed by atoms with Crippen LogP contribution in [0.1, 0.15) is 44.1 Å². The lowest BCUT2D eigenvalue weighted by molar-refractivity contribution is -0.123. The molecule has 3 heterocycles. The van der Waals surface area contributed by atoms with Crippen molar-refractivity contribution in [2.75, 3.05) is 22.1 Å². The van der Waals surface area contributed by atoms with Crippen LogP contribution in [-0.2, 0) is 9.59 Å². The van der Waals surface area contributed by atoms with Crippen LogP contribution in [0, 0.1) is 0 Å². The summed E-state index contributed by atoms with van der Waals surface area (Å²) in [5.74, 6) is -1.10. The highest BCUT2D eigenvalue weighted by Gasteiger charge is 2.35. The molecule has 2 atom stereocenters. The van der Waals surface area contributed by atoms with Crippen molar-refractivity contribution in [1.82, 2.24) is 9.97 Å². The summed E-state index contributed by atoms with van der Waals surface area (Å²) in [5.41, 5.74) is 0.318. The number of hydrogen-bond donors (Lipinski definition) is 3. The van der Waals surface area contributed by atoms with Crippen LogP contribution < -0.4 is 21.1 Å². The Bertz CT molecular complexity index is 1000. The molecule has 29 heavy (non-hydrogen) atoms. The van der Waals surface area contributed by atoms with Crippen molar-refractivity contribution in [3.63, 3.8) is 0 Å². The number of nitrogens with zero attached hydrogens (tertiary/aromatic N) is 2. The third-order valence-electron chi connectivity index (χ3n) is 5.44. The smallest absolute Gasteiger partial charge is 0.258 e. The zero-order valence-electron chi connectivity index (χ0n) is 16.0. The van der Waals surface area contributed by atoms with Crippen molar-refractivity contribution in [3.05, 3.63) is 45.2 Å². The van der Waals surface area contributed by atoms with E-state index in [9.17, 15) is 14.4 Å². The number of carbonyl (C=O) groups excluding carboxylic acids is 2. The normalized spacial score (nSPS) is 21.3. The fourth-order valence-corrected chi connectivity index (χ4v) is 4.02. The standard InChI is InChI=1S/C20H22ClN5O3/c1-11-4-2-3-9-26(11)20-24-17-16(19(29)25-20)14(10-15(27)23-17)18(28)22-13-7-5-12(21)6-8-13/h5-8,11,14H,2-4,9-10H2,1H3,(H,22,28)(H2,23,24,25,27,29)/t11-,14+/m0/s1. The van der Waals surface area contributed by atoms with E-state index < -0.39 is 17.4 Å². The molecule has 2 aromatic rings. The van der Waals surface area contributed by atoms with Gasteiger partial charge in [0.15, 0.2) is 0 Å². The van der Waals surface area contributed by atoms with Crippen molar-refractivity contribution < 1.29 is 9.59 Å². The molecule has 2 aliphatic rings. The minimum absolute atomic E-state index is 0.114. The number of carbonyl (C=O) groups is 2. The van der Waals surface area contributed by atoms with Gasteiger partial charge in [0.25, 0.3) is 5.56 Å². The van der Waals surface area contributed by atoms with E-state index in [1.807, 2.05) is 4.90 Å². The molecule has 1 aromatic heterocycles. The maximum absolute atomic E-state index is 12.9. The van der Waals surface area contributed by atoms with Crippen LogP contribution >= 0.6 is 11.6 Å². The van der Waals surface area contributed by atoms with Crippen LogP contribution in [0.2, 0.25) is 5.02 Å². The van der Waals surface area contributed by atoms with Crippen LogP contribution in [0.4, 0.5) is 17.5 Å². The summed E-state index contributed by atoms with van der Waals surface area (Å²) in [4.78, 5) is 47.3. The molecule has 9 heteroatoms. The number of aromatic nitrogens is 2. The fraction of sp³-hybridized carbons (Fsp3) is 0.400. The molecule has 1 fully saturated rings. The number of amides is 2. The highest BCUT2D eigenvalue weighted by molar-refractivity contribution is 6.30. The lowest BCUT2D eigenvalue weighted by Crippen LogP contribution is -2.41. The van der Waals surface area contributed by atoms with E-state index in [2.05, 4.69) is 27.5 Å². The van der Waals surface area contributed by atoms with E-state index >= 15 is 0 Å². The van der Waals surface area contributed by atoms with Crippen LogP contribution in [0.3, 0.4) is 0 Å². The molecule has 3 N–H and O–H groups in total. The highest BCUT2D eigenvalue weighted by atomic mass is 35.5. The second-order valence-corrected chi connectivity index (χ2v) is 7.93. The number of H-pyrrole nitrogens is 1. The maximum Gasteiger partial charge on any atom is 0.258 e. The number of hydrogen-bond acceptors (Lipinski definition) is 5. The van der Waals surface area contributed by atoms with Gasteiger partial charge in [-0.1, -0.05) is 11.6 Å². The van der Waals surface area contributed by atoms with Crippen molar-refractivity contribution in [1.29, 1.82) is 0 Å². The number of piperidine rings is 1. The predicted octanol–water partition coefficient (Wildman–Crippen LogP) is 2.87. The van der Waals surface area contributed by atoms with Crippen LogP contribution in [0.5, 0.6) is 0 Å². The van der Waals surface area contributed by atoms with Crippen molar-refractivity contribution >= 4 is 40.9 Å². The first-order valence-corrected chi connectivity index (χ1v) is 10.1. The largest absolute Gasteiger partial charge is 0.340 e. The second kappa shape index (κ2) is 7.87. The Kier molecular flexibility index (Phi) is 5.27. The van der Waals surface area contributed by atoms with E-state index in [0.717, 1.165) is 25.8 Å². The Morgan fingerprint density at radius 1 is 1.24 bits per heavy atom. The molecule has 0 unspecified atom stereocenters. The maximum atomic E-state index is 12.9. The van der Waals surface area contributed by atoms with Gasteiger partial charge in [0.1, 0.15) is 5.82 Å². The summed E-state index contributed by atoms with van der Waals surface area (Å²) < 4.78 is 0.